The highest BCUT2D eigenvalue weighted by Crippen LogP contribution is 2.42. The van der Waals surface area contributed by atoms with Crippen LogP contribution in [0.1, 0.15) is 49.9 Å². The second-order valence-electron chi connectivity index (χ2n) is 9.53. The molecule has 2 unspecified atom stereocenters. The zero-order chi connectivity index (χ0) is 29.7. The van der Waals surface area contributed by atoms with Gasteiger partial charge in [-0.3, -0.25) is 0 Å². The molecular weight excluding hydrogens is 572 g/mol. The highest BCUT2D eigenvalue weighted by molar-refractivity contribution is 7.80. The minimum absolute atomic E-state index is 0.0101. The topological polar surface area (TPSA) is 126 Å². The van der Waals surface area contributed by atoms with E-state index < -0.39 is 61.0 Å². The van der Waals surface area contributed by atoms with Gasteiger partial charge in [0.2, 0.25) is 0 Å². The van der Waals surface area contributed by atoms with Gasteiger partial charge in [0.1, 0.15) is 5.82 Å². The molecule has 0 bridgehead atoms. The molecule has 0 aliphatic rings. The number of anilines is 1. The molecule has 2 aromatic carbocycles. The minimum Gasteiger partial charge on any atom is -0.383 e. The van der Waals surface area contributed by atoms with Gasteiger partial charge in [-0.05, 0) is 68.7 Å². The second-order valence-corrected chi connectivity index (χ2v) is 12.6. The number of nitrogen functional groups attached to an aromatic ring is 1. The summed E-state index contributed by atoms with van der Waals surface area (Å²) < 4.78 is 121. The molecular formula is C24H23F6N3O4S2. The molecule has 0 aliphatic heterocycles. The van der Waals surface area contributed by atoms with Crippen LogP contribution >= 0.6 is 0 Å². The summed E-state index contributed by atoms with van der Waals surface area (Å²) in [5, 5.41) is 0. The maximum atomic E-state index is 13.5. The quantitative estimate of drug-likeness (QED) is 0.224. The Hall–Kier alpha value is -2.88. The van der Waals surface area contributed by atoms with Crippen LogP contribution in [0.4, 0.5) is 32.2 Å². The molecule has 7 nitrogen and oxygen atoms in total. The molecule has 212 valence electrons. The van der Waals surface area contributed by atoms with Gasteiger partial charge in [0, 0.05) is 17.3 Å². The smallest absolute Gasteiger partial charge is 0.383 e. The number of aromatic nitrogens is 2. The van der Waals surface area contributed by atoms with Gasteiger partial charge in [-0.2, -0.15) is 26.3 Å². The van der Waals surface area contributed by atoms with Crippen molar-refractivity contribution < 1.29 is 43.9 Å². The summed E-state index contributed by atoms with van der Waals surface area (Å²) in [6.45, 7) is 5.29. The fourth-order valence-electron chi connectivity index (χ4n) is 3.82. The van der Waals surface area contributed by atoms with E-state index in [2.05, 4.69) is 9.97 Å². The molecule has 1 heterocycles. The summed E-state index contributed by atoms with van der Waals surface area (Å²) in [4.78, 5) is 8.08. The Kier molecular flexibility index (Phi) is 8.07. The van der Waals surface area contributed by atoms with Gasteiger partial charge >= 0.3 is 12.4 Å². The van der Waals surface area contributed by atoms with Crippen LogP contribution in [-0.4, -0.2) is 27.5 Å². The Morgan fingerprint density at radius 3 is 1.51 bits per heavy atom. The number of benzene rings is 2. The summed E-state index contributed by atoms with van der Waals surface area (Å²) >= 11 is -5.06. The van der Waals surface area contributed by atoms with Crippen LogP contribution in [0.15, 0.2) is 42.6 Å². The largest absolute Gasteiger partial charge is 0.416 e. The van der Waals surface area contributed by atoms with E-state index in [1.807, 2.05) is 0 Å². The molecule has 0 amide bonds. The van der Waals surface area contributed by atoms with E-state index in [1.54, 1.807) is 0 Å². The van der Waals surface area contributed by atoms with Crippen molar-refractivity contribution in [2.45, 2.75) is 49.5 Å². The van der Waals surface area contributed by atoms with Gasteiger partial charge < -0.3 is 14.8 Å². The first kappa shape index (κ1) is 30.7. The molecule has 15 heteroatoms. The van der Waals surface area contributed by atoms with Crippen molar-refractivity contribution in [3.63, 3.8) is 0 Å². The molecule has 39 heavy (non-hydrogen) atoms. The van der Waals surface area contributed by atoms with Crippen molar-refractivity contribution in [3.8, 4) is 22.5 Å². The lowest BCUT2D eigenvalue weighted by Crippen LogP contribution is -2.25. The van der Waals surface area contributed by atoms with Gasteiger partial charge in [-0.25, -0.2) is 18.4 Å². The number of nitrogens with zero attached hydrogens (tertiary/aromatic N) is 2. The average molecular weight is 596 g/mol. The van der Waals surface area contributed by atoms with Crippen LogP contribution in [0.25, 0.3) is 22.5 Å². The number of halogens is 6. The fourth-order valence-corrected chi connectivity index (χ4v) is 4.55. The highest BCUT2D eigenvalue weighted by Gasteiger charge is 2.37. The summed E-state index contributed by atoms with van der Waals surface area (Å²) in [7, 11) is 0. The molecule has 0 aliphatic carbocycles. The first-order chi connectivity index (χ1) is 17.7. The van der Waals surface area contributed by atoms with Gasteiger partial charge in [0.15, 0.2) is 28.0 Å². The lowest BCUT2D eigenvalue weighted by molar-refractivity contribution is -0.138. The number of hydrogen-bond donors (Lipinski definition) is 3. The van der Waals surface area contributed by atoms with Crippen molar-refractivity contribution >= 4 is 28.0 Å². The van der Waals surface area contributed by atoms with E-state index in [0.29, 0.717) is 12.1 Å². The van der Waals surface area contributed by atoms with Crippen LogP contribution in [0.5, 0.6) is 0 Å². The van der Waals surface area contributed by atoms with E-state index in [1.165, 1.54) is 27.7 Å². The first-order valence-corrected chi connectivity index (χ1v) is 13.2. The van der Waals surface area contributed by atoms with Crippen molar-refractivity contribution in [2.24, 2.45) is 0 Å². The summed E-state index contributed by atoms with van der Waals surface area (Å²) in [6.07, 6.45) is -8.57. The monoisotopic (exact) mass is 595 g/mol. The molecule has 0 fully saturated rings. The van der Waals surface area contributed by atoms with E-state index in [4.69, 9.17) is 5.73 Å². The average Bonchev–Trinajstić information content (AvgIpc) is 2.81. The Bertz CT molecular complexity index is 1470. The van der Waals surface area contributed by atoms with Crippen LogP contribution in [0.3, 0.4) is 0 Å². The number of alkyl halides is 6. The molecule has 0 saturated carbocycles. The number of nitrogens with two attached hydrogens (primary N) is 1. The Morgan fingerprint density at radius 1 is 0.718 bits per heavy atom. The molecule has 0 saturated heterocycles. The lowest BCUT2D eigenvalue weighted by Gasteiger charge is -2.26. The first-order valence-electron chi connectivity index (χ1n) is 11.0. The summed E-state index contributed by atoms with van der Waals surface area (Å²) in [5.74, 6) is -0.819. The van der Waals surface area contributed by atoms with Crippen molar-refractivity contribution in [1.29, 1.82) is 0 Å². The van der Waals surface area contributed by atoms with Gasteiger partial charge in [0.25, 0.3) is 0 Å². The van der Waals surface area contributed by atoms with Gasteiger partial charge in [0.05, 0.1) is 20.6 Å². The maximum absolute atomic E-state index is 13.5. The van der Waals surface area contributed by atoms with Gasteiger partial charge in [-0.15, -0.1) is 0 Å². The molecule has 1 aromatic heterocycles. The zero-order valence-electron chi connectivity index (χ0n) is 20.8. The van der Waals surface area contributed by atoms with E-state index in [-0.39, 0.29) is 33.6 Å². The van der Waals surface area contributed by atoms with Crippen molar-refractivity contribution in [3.05, 3.63) is 64.8 Å². The number of hydrogen-bond acceptors (Lipinski definition) is 5. The van der Waals surface area contributed by atoms with Crippen LogP contribution in [0, 0.1) is 0 Å². The molecule has 4 N–H and O–H groups in total. The predicted molar refractivity (Wildman–Crippen MR) is 135 cm³/mol. The predicted octanol–water partition coefficient (Wildman–Crippen LogP) is 6.34. The lowest BCUT2D eigenvalue weighted by atomic mass is 9.90. The van der Waals surface area contributed by atoms with Gasteiger partial charge in [-0.1, -0.05) is 12.1 Å². The van der Waals surface area contributed by atoms with E-state index >= 15 is 0 Å². The standard InChI is InChI=1S/C24H23F6N3O4S2/c1-21(2,38(34)35)17-7-5-12(23(25,26)27)9-14(17)16-11-32-20(33-19(16)31)15-10-13(24(28,29)30)6-8-18(15)22(3,4)39(36)37/h5-11H,1-4H3,(H,34,35)(H,36,37)(H2,31,32,33). The number of rotatable bonds is 6. The second kappa shape index (κ2) is 10.3. The summed E-state index contributed by atoms with van der Waals surface area (Å²) in [5.41, 5.74) is 3.25. The SMILES string of the molecule is CC(C)(c1ccc(C(F)(F)F)cc1-c1ncc(-c2cc(C(F)(F)F)ccc2C(C)(C)S(=O)O)c(N)n1)S(=O)O. The van der Waals surface area contributed by atoms with Crippen LogP contribution in [-0.2, 0) is 44.0 Å². The maximum Gasteiger partial charge on any atom is 0.416 e. The molecule has 3 rings (SSSR count). The van der Waals surface area contributed by atoms with Crippen molar-refractivity contribution in [2.75, 3.05) is 5.73 Å². The van der Waals surface area contributed by atoms with Crippen LogP contribution in [0.2, 0.25) is 0 Å². The Labute approximate surface area is 224 Å². The van der Waals surface area contributed by atoms with E-state index in [9.17, 15) is 43.9 Å². The molecule has 3 aromatic rings. The molecule has 2 atom stereocenters. The van der Waals surface area contributed by atoms with Crippen LogP contribution < -0.4 is 5.73 Å². The Balaban J connectivity index is 2.32. The summed E-state index contributed by atoms with van der Waals surface area (Å²) in [6, 6.07) is 4.92. The van der Waals surface area contributed by atoms with Crippen molar-refractivity contribution in [1.82, 2.24) is 9.97 Å². The third-order valence-corrected chi connectivity index (χ3v) is 8.40. The third-order valence-electron chi connectivity index (χ3n) is 6.21. The highest BCUT2D eigenvalue weighted by atomic mass is 32.2. The Morgan fingerprint density at radius 2 is 1.13 bits per heavy atom. The minimum atomic E-state index is -4.78. The van der Waals surface area contributed by atoms with E-state index in [0.717, 1.165) is 30.5 Å². The zero-order valence-corrected chi connectivity index (χ0v) is 22.4. The molecule has 0 spiro atoms. The fraction of sp³-hybridized carbons (Fsp3) is 0.333. The normalized spacial score (nSPS) is 14.8. The molecule has 0 radical (unpaired) electrons. The third kappa shape index (κ3) is 6.00.